The quantitative estimate of drug-likeness (QED) is 0.765. The van der Waals surface area contributed by atoms with Crippen LogP contribution in [-0.2, 0) is 9.59 Å². The summed E-state index contributed by atoms with van der Waals surface area (Å²) in [5.74, 6) is -0.0510. The Labute approximate surface area is 109 Å². The van der Waals surface area contributed by atoms with Crippen molar-refractivity contribution < 1.29 is 9.59 Å². The molecule has 2 N–H and O–H groups in total. The van der Waals surface area contributed by atoms with E-state index in [9.17, 15) is 9.59 Å². The van der Waals surface area contributed by atoms with Crippen molar-refractivity contribution in [3.8, 4) is 0 Å². The van der Waals surface area contributed by atoms with Crippen molar-refractivity contribution >= 4 is 11.8 Å². The second kappa shape index (κ2) is 6.18. The summed E-state index contributed by atoms with van der Waals surface area (Å²) >= 11 is 0. The SMILES string of the molecule is C[C@H]1CNCCN1C(=O)CNC(=O)CC(C)(C)C. The van der Waals surface area contributed by atoms with Gasteiger partial charge in [-0.25, -0.2) is 0 Å². The molecule has 0 unspecified atom stereocenters. The van der Waals surface area contributed by atoms with E-state index in [1.165, 1.54) is 0 Å². The molecule has 0 radical (unpaired) electrons. The normalized spacial score (nSPS) is 20.7. The minimum absolute atomic E-state index is 0.00580. The Bertz CT molecular complexity index is 310. The number of carbonyl (C=O) groups is 2. The predicted octanol–water partition coefficient (Wildman–Crippen LogP) is 0.359. The lowest BCUT2D eigenvalue weighted by Crippen LogP contribution is -2.54. The van der Waals surface area contributed by atoms with E-state index < -0.39 is 0 Å². The van der Waals surface area contributed by atoms with Crippen LogP contribution in [0.3, 0.4) is 0 Å². The molecule has 1 heterocycles. The van der Waals surface area contributed by atoms with Crippen LogP contribution in [0.2, 0.25) is 0 Å². The number of carbonyl (C=O) groups excluding carboxylic acids is 2. The third kappa shape index (κ3) is 5.04. The predicted molar refractivity (Wildman–Crippen MR) is 71.1 cm³/mol. The summed E-state index contributed by atoms with van der Waals surface area (Å²) in [5, 5.41) is 5.94. The maximum Gasteiger partial charge on any atom is 0.242 e. The van der Waals surface area contributed by atoms with Crippen LogP contribution in [0.25, 0.3) is 0 Å². The Morgan fingerprint density at radius 1 is 1.39 bits per heavy atom. The Balaban J connectivity index is 2.34. The largest absolute Gasteiger partial charge is 0.347 e. The molecule has 5 heteroatoms. The van der Waals surface area contributed by atoms with Crippen LogP contribution in [0.5, 0.6) is 0 Å². The number of amides is 2. The van der Waals surface area contributed by atoms with Crippen molar-refractivity contribution in [3.05, 3.63) is 0 Å². The van der Waals surface area contributed by atoms with Gasteiger partial charge in [-0.15, -0.1) is 0 Å². The van der Waals surface area contributed by atoms with Gasteiger partial charge in [-0.2, -0.15) is 0 Å². The van der Waals surface area contributed by atoms with Crippen LogP contribution >= 0.6 is 0 Å². The van der Waals surface area contributed by atoms with E-state index in [0.717, 1.165) is 19.6 Å². The van der Waals surface area contributed by atoms with E-state index in [4.69, 9.17) is 0 Å². The minimum Gasteiger partial charge on any atom is -0.347 e. The second-order valence-corrected chi connectivity index (χ2v) is 6.15. The molecule has 0 bridgehead atoms. The minimum atomic E-state index is -0.0568. The molecule has 0 spiro atoms. The first-order valence-electron chi connectivity index (χ1n) is 6.56. The van der Waals surface area contributed by atoms with E-state index in [0.29, 0.717) is 6.42 Å². The summed E-state index contributed by atoms with van der Waals surface area (Å²) in [7, 11) is 0. The fourth-order valence-electron chi connectivity index (χ4n) is 2.03. The van der Waals surface area contributed by atoms with Crippen LogP contribution in [0.1, 0.15) is 34.1 Å². The number of hydrogen-bond donors (Lipinski definition) is 2. The first-order valence-corrected chi connectivity index (χ1v) is 6.56. The average Bonchev–Trinajstić information content (AvgIpc) is 2.24. The van der Waals surface area contributed by atoms with Crippen molar-refractivity contribution in [1.82, 2.24) is 15.5 Å². The Morgan fingerprint density at radius 3 is 2.61 bits per heavy atom. The first-order chi connectivity index (χ1) is 8.29. The van der Waals surface area contributed by atoms with Gasteiger partial charge in [0.25, 0.3) is 0 Å². The van der Waals surface area contributed by atoms with Gasteiger partial charge in [-0.1, -0.05) is 20.8 Å². The third-order valence-corrected chi connectivity index (χ3v) is 2.95. The highest BCUT2D eigenvalue weighted by Gasteiger charge is 2.23. The molecular weight excluding hydrogens is 230 g/mol. The first kappa shape index (κ1) is 15.0. The second-order valence-electron chi connectivity index (χ2n) is 6.15. The number of nitrogens with zero attached hydrogens (tertiary/aromatic N) is 1. The summed E-state index contributed by atoms with van der Waals surface area (Å²) in [6, 6.07) is 0.200. The van der Waals surface area contributed by atoms with E-state index in [-0.39, 0.29) is 29.8 Å². The van der Waals surface area contributed by atoms with Gasteiger partial charge < -0.3 is 15.5 Å². The molecule has 2 amide bonds. The zero-order chi connectivity index (χ0) is 13.8. The Kier molecular flexibility index (Phi) is 5.14. The smallest absolute Gasteiger partial charge is 0.242 e. The summed E-state index contributed by atoms with van der Waals surface area (Å²) in [5.41, 5.74) is -0.0462. The van der Waals surface area contributed by atoms with Gasteiger partial charge in [0, 0.05) is 32.1 Å². The van der Waals surface area contributed by atoms with Gasteiger partial charge in [0.05, 0.1) is 6.54 Å². The number of piperazine rings is 1. The van der Waals surface area contributed by atoms with Crippen LogP contribution in [0.4, 0.5) is 0 Å². The van der Waals surface area contributed by atoms with Crippen LogP contribution in [0, 0.1) is 5.41 Å². The molecule has 104 valence electrons. The molecule has 18 heavy (non-hydrogen) atoms. The van der Waals surface area contributed by atoms with Crippen molar-refractivity contribution in [3.63, 3.8) is 0 Å². The zero-order valence-electron chi connectivity index (χ0n) is 11.9. The lowest BCUT2D eigenvalue weighted by atomic mass is 9.92. The lowest BCUT2D eigenvalue weighted by Gasteiger charge is -2.34. The Hall–Kier alpha value is -1.10. The highest BCUT2D eigenvalue weighted by molar-refractivity contribution is 5.85. The monoisotopic (exact) mass is 255 g/mol. The van der Waals surface area contributed by atoms with E-state index in [1.54, 1.807) is 0 Å². The van der Waals surface area contributed by atoms with E-state index >= 15 is 0 Å². The lowest BCUT2D eigenvalue weighted by molar-refractivity contribution is -0.135. The maximum absolute atomic E-state index is 12.0. The topological polar surface area (TPSA) is 61.4 Å². The van der Waals surface area contributed by atoms with Gasteiger partial charge in [-0.3, -0.25) is 9.59 Å². The van der Waals surface area contributed by atoms with Crippen molar-refractivity contribution in [2.75, 3.05) is 26.2 Å². The molecule has 0 aromatic heterocycles. The highest BCUT2D eigenvalue weighted by Crippen LogP contribution is 2.17. The molecule has 0 saturated carbocycles. The molecule has 1 fully saturated rings. The summed E-state index contributed by atoms with van der Waals surface area (Å²) in [6.07, 6.45) is 0.442. The van der Waals surface area contributed by atoms with E-state index in [1.807, 2.05) is 32.6 Å². The number of hydrogen-bond acceptors (Lipinski definition) is 3. The van der Waals surface area contributed by atoms with Crippen molar-refractivity contribution in [1.29, 1.82) is 0 Å². The van der Waals surface area contributed by atoms with E-state index in [2.05, 4.69) is 10.6 Å². The molecule has 1 aliphatic heterocycles. The molecule has 1 aliphatic rings. The summed E-state index contributed by atoms with van der Waals surface area (Å²) < 4.78 is 0. The Morgan fingerprint density at radius 2 is 2.06 bits per heavy atom. The molecule has 0 aromatic rings. The summed E-state index contributed by atoms with van der Waals surface area (Å²) in [4.78, 5) is 25.4. The highest BCUT2D eigenvalue weighted by atomic mass is 16.2. The molecule has 0 aromatic carbocycles. The van der Waals surface area contributed by atoms with Gasteiger partial charge in [-0.05, 0) is 12.3 Å². The molecule has 1 rings (SSSR count). The number of nitrogens with one attached hydrogen (secondary N) is 2. The molecule has 1 atom stereocenters. The molecule has 0 aliphatic carbocycles. The number of rotatable bonds is 3. The molecule has 5 nitrogen and oxygen atoms in total. The summed E-state index contributed by atoms with van der Waals surface area (Å²) in [6.45, 7) is 10.5. The van der Waals surface area contributed by atoms with Crippen molar-refractivity contribution in [2.45, 2.75) is 40.2 Å². The molecular formula is C13H25N3O2. The maximum atomic E-state index is 12.0. The standard InChI is InChI=1S/C13H25N3O2/c1-10-8-14-5-6-16(10)12(18)9-15-11(17)7-13(2,3)4/h10,14H,5-9H2,1-4H3,(H,15,17)/t10-/m0/s1. The average molecular weight is 255 g/mol. The van der Waals surface area contributed by atoms with Gasteiger partial charge in [0.2, 0.25) is 11.8 Å². The molecule has 1 saturated heterocycles. The van der Waals surface area contributed by atoms with Crippen molar-refractivity contribution in [2.24, 2.45) is 5.41 Å². The van der Waals surface area contributed by atoms with Gasteiger partial charge in [0.1, 0.15) is 0 Å². The van der Waals surface area contributed by atoms with Crippen LogP contribution < -0.4 is 10.6 Å². The van der Waals surface area contributed by atoms with Crippen LogP contribution in [-0.4, -0.2) is 48.9 Å². The third-order valence-electron chi connectivity index (χ3n) is 2.95. The van der Waals surface area contributed by atoms with Crippen LogP contribution in [0.15, 0.2) is 0 Å². The fraction of sp³-hybridized carbons (Fsp3) is 0.846. The van der Waals surface area contributed by atoms with Gasteiger partial charge in [0.15, 0.2) is 0 Å². The van der Waals surface area contributed by atoms with Gasteiger partial charge >= 0.3 is 0 Å². The fourth-order valence-corrected chi connectivity index (χ4v) is 2.03. The zero-order valence-corrected chi connectivity index (χ0v) is 11.9.